The van der Waals surface area contributed by atoms with Crippen LogP contribution in [0, 0.1) is 11.6 Å². The van der Waals surface area contributed by atoms with Crippen LogP contribution in [0.5, 0.6) is 0 Å². The number of hydrogen-bond donors (Lipinski definition) is 1. The van der Waals surface area contributed by atoms with Crippen LogP contribution < -0.4 is 0 Å². The van der Waals surface area contributed by atoms with Gasteiger partial charge in [0.05, 0.1) is 0 Å². The molecule has 0 amide bonds. The van der Waals surface area contributed by atoms with Gasteiger partial charge in [0.25, 0.3) is 0 Å². The molecule has 0 saturated heterocycles. The highest BCUT2D eigenvalue weighted by atomic mass is 79.9. The largest absolute Gasteiger partial charge is 0.378 e. The molecule has 0 aliphatic rings. The molecule has 1 aromatic carbocycles. The molecule has 0 saturated carbocycles. The average Bonchev–Trinajstić information content (AvgIpc) is 2.00. The first kappa shape index (κ1) is 12.4. The molecule has 15 heavy (non-hydrogen) atoms. The molecule has 1 aromatic rings. The van der Waals surface area contributed by atoms with Gasteiger partial charge in [-0.05, 0) is 28.9 Å². The van der Waals surface area contributed by atoms with Crippen molar-refractivity contribution in [1.82, 2.24) is 0 Å². The van der Waals surface area contributed by atoms with Crippen molar-refractivity contribution in [2.45, 2.75) is 17.4 Å². The molecule has 84 valence electrons. The SMILES string of the molecule is CC(O)(c1ccc(F)cc1F)C(F)(F)Br. The van der Waals surface area contributed by atoms with Gasteiger partial charge in [-0.2, -0.15) is 8.78 Å². The van der Waals surface area contributed by atoms with E-state index in [2.05, 4.69) is 0 Å². The molecule has 1 atom stereocenters. The zero-order valence-electron chi connectivity index (χ0n) is 7.57. The Labute approximate surface area is 91.9 Å². The van der Waals surface area contributed by atoms with Crippen molar-refractivity contribution in [3.05, 3.63) is 35.4 Å². The van der Waals surface area contributed by atoms with Crippen LogP contribution in [0.4, 0.5) is 17.6 Å². The van der Waals surface area contributed by atoms with Gasteiger partial charge in [0.2, 0.25) is 0 Å². The second kappa shape index (κ2) is 3.75. The van der Waals surface area contributed by atoms with Crippen molar-refractivity contribution in [1.29, 1.82) is 0 Å². The summed E-state index contributed by atoms with van der Waals surface area (Å²) in [6.45, 7) is 0.734. The normalized spacial score (nSPS) is 16.2. The second-order valence-corrected chi connectivity index (χ2v) is 4.19. The third-order valence-electron chi connectivity index (χ3n) is 2.01. The van der Waals surface area contributed by atoms with Gasteiger partial charge >= 0.3 is 4.83 Å². The maximum atomic E-state index is 13.1. The van der Waals surface area contributed by atoms with Gasteiger partial charge < -0.3 is 5.11 Å². The average molecular weight is 287 g/mol. The quantitative estimate of drug-likeness (QED) is 0.654. The van der Waals surface area contributed by atoms with E-state index in [9.17, 15) is 22.7 Å². The summed E-state index contributed by atoms with van der Waals surface area (Å²) in [5, 5.41) is 9.43. The van der Waals surface area contributed by atoms with Crippen LogP contribution in [0.25, 0.3) is 0 Å². The summed E-state index contributed by atoms with van der Waals surface area (Å²) in [5.74, 6) is -2.12. The molecule has 1 nitrogen and oxygen atoms in total. The number of alkyl halides is 3. The summed E-state index contributed by atoms with van der Waals surface area (Å²) in [7, 11) is 0. The molecule has 1 N–H and O–H groups in total. The summed E-state index contributed by atoms with van der Waals surface area (Å²) >= 11 is 1.95. The van der Waals surface area contributed by atoms with Crippen LogP contribution in [0.15, 0.2) is 18.2 Å². The highest BCUT2D eigenvalue weighted by Gasteiger charge is 2.49. The van der Waals surface area contributed by atoms with E-state index in [1.54, 1.807) is 0 Å². The highest BCUT2D eigenvalue weighted by molar-refractivity contribution is 9.10. The Bertz CT molecular complexity index is 373. The molecule has 0 aliphatic carbocycles. The number of hydrogen-bond acceptors (Lipinski definition) is 1. The Morgan fingerprint density at radius 1 is 1.27 bits per heavy atom. The fourth-order valence-electron chi connectivity index (χ4n) is 1.04. The summed E-state index contributed by atoms with van der Waals surface area (Å²) < 4.78 is 51.4. The van der Waals surface area contributed by atoms with Gasteiger partial charge in [0, 0.05) is 11.6 Å². The molecule has 1 rings (SSSR count). The summed E-state index contributed by atoms with van der Waals surface area (Å²) in [5.41, 5.74) is -3.42. The minimum Gasteiger partial charge on any atom is -0.378 e. The van der Waals surface area contributed by atoms with E-state index >= 15 is 0 Å². The summed E-state index contributed by atoms with van der Waals surface area (Å²) in [4.78, 5) is -3.71. The first-order chi connectivity index (χ1) is 6.66. The predicted octanol–water partition coefficient (Wildman–Crippen LogP) is 3.16. The van der Waals surface area contributed by atoms with E-state index in [0.29, 0.717) is 6.07 Å². The summed E-state index contributed by atoms with van der Waals surface area (Å²) in [6.07, 6.45) is 0. The van der Waals surface area contributed by atoms with Gasteiger partial charge in [-0.1, -0.05) is 6.07 Å². The number of rotatable bonds is 2. The van der Waals surface area contributed by atoms with Crippen LogP contribution in [0.2, 0.25) is 0 Å². The molecule has 1 unspecified atom stereocenters. The third-order valence-corrected chi connectivity index (χ3v) is 2.78. The molecule has 0 radical (unpaired) electrons. The van der Waals surface area contributed by atoms with E-state index in [1.807, 2.05) is 15.9 Å². The summed E-state index contributed by atoms with van der Waals surface area (Å²) in [6, 6.07) is 2.01. The highest BCUT2D eigenvalue weighted by Crippen LogP contribution is 2.42. The standard InChI is InChI=1S/C9H7BrF4O/c1-8(15,9(10,13)14)6-3-2-5(11)4-7(6)12/h2-4,15H,1H3. The van der Waals surface area contributed by atoms with E-state index < -0.39 is 27.6 Å². The fraction of sp³-hybridized carbons (Fsp3) is 0.333. The Morgan fingerprint density at radius 2 is 1.80 bits per heavy atom. The maximum absolute atomic E-state index is 13.1. The van der Waals surface area contributed by atoms with Gasteiger partial charge in [-0.3, -0.25) is 0 Å². The molecular weight excluding hydrogens is 280 g/mol. The van der Waals surface area contributed by atoms with Crippen molar-refractivity contribution < 1.29 is 22.7 Å². The molecule has 0 fully saturated rings. The smallest absolute Gasteiger partial charge is 0.333 e. The van der Waals surface area contributed by atoms with Gasteiger partial charge in [0.1, 0.15) is 11.6 Å². The van der Waals surface area contributed by atoms with Crippen molar-refractivity contribution in [2.75, 3.05) is 0 Å². The lowest BCUT2D eigenvalue weighted by Gasteiger charge is -2.28. The maximum Gasteiger partial charge on any atom is 0.333 e. The Kier molecular flexibility index (Phi) is 3.11. The lowest BCUT2D eigenvalue weighted by atomic mass is 9.96. The minimum atomic E-state index is -3.71. The molecule has 0 bridgehead atoms. The van der Waals surface area contributed by atoms with Gasteiger partial charge in [-0.15, -0.1) is 0 Å². The van der Waals surface area contributed by atoms with Crippen LogP contribution in [-0.4, -0.2) is 9.94 Å². The first-order valence-corrected chi connectivity index (χ1v) is 4.70. The third kappa shape index (κ3) is 2.31. The Balaban J connectivity index is 3.28. The lowest BCUT2D eigenvalue weighted by Crippen LogP contribution is -2.38. The molecule has 6 heteroatoms. The molecule has 0 spiro atoms. The molecule has 0 heterocycles. The van der Waals surface area contributed by atoms with Crippen molar-refractivity contribution in [3.8, 4) is 0 Å². The molecular formula is C9H7BrF4O. The number of aliphatic hydroxyl groups is 1. The van der Waals surface area contributed by atoms with E-state index in [4.69, 9.17) is 0 Å². The van der Waals surface area contributed by atoms with Crippen molar-refractivity contribution in [3.63, 3.8) is 0 Å². The Hall–Kier alpha value is -0.620. The van der Waals surface area contributed by atoms with Crippen molar-refractivity contribution >= 4 is 15.9 Å². The number of halogens is 5. The van der Waals surface area contributed by atoms with Gasteiger partial charge in [0.15, 0.2) is 5.60 Å². The topological polar surface area (TPSA) is 20.2 Å². The van der Waals surface area contributed by atoms with E-state index in [0.717, 1.165) is 19.1 Å². The molecule has 0 aliphatic heterocycles. The van der Waals surface area contributed by atoms with E-state index in [-0.39, 0.29) is 0 Å². The van der Waals surface area contributed by atoms with Gasteiger partial charge in [-0.25, -0.2) is 8.78 Å². The van der Waals surface area contributed by atoms with E-state index in [1.165, 1.54) is 0 Å². The number of benzene rings is 1. The second-order valence-electron chi connectivity index (χ2n) is 3.19. The van der Waals surface area contributed by atoms with Crippen LogP contribution in [-0.2, 0) is 5.60 Å². The fourth-order valence-corrected chi connectivity index (χ4v) is 1.25. The van der Waals surface area contributed by atoms with Crippen molar-refractivity contribution in [2.24, 2.45) is 0 Å². The van der Waals surface area contributed by atoms with Crippen LogP contribution >= 0.6 is 15.9 Å². The predicted molar refractivity (Wildman–Crippen MR) is 49.8 cm³/mol. The van der Waals surface area contributed by atoms with Crippen LogP contribution in [0.1, 0.15) is 12.5 Å². The lowest BCUT2D eigenvalue weighted by molar-refractivity contribution is -0.111. The van der Waals surface area contributed by atoms with Crippen LogP contribution in [0.3, 0.4) is 0 Å². The zero-order chi connectivity index (χ0) is 11.9. The Morgan fingerprint density at radius 3 is 2.20 bits per heavy atom. The monoisotopic (exact) mass is 286 g/mol. The first-order valence-electron chi connectivity index (χ1n) is 3.91. The molecule has 0 aromatic heterocycles. The minimum absolute atomic E-state index is 0.433. The zero-order valence-corrected chi connectivity index (χ0v) is 9.16.